The first kappa shape index (κ1) is 14.8. The third-order valence-electron chi connectivity index (χ3n) is 3.03. The Labute approximate surface area is 124 Å². The molecule has 1 unspecified atom stereocenters. The summed E-state index contributed by atoms with van der Waals surface area (Å²) in [6.45, 7) is 0.203. The van der Waals surface area contributed by atoms with Crippen molar-refractivity contribution in [1.29, 1.82) is 0 Å². The zero-order valence-electron chi connectivity index (χ0n) is 9.71. The summed E-state index contributed by atoms with van der Waals surface area (Å²) in [7, 11) is -3.72. The van der Waals surface area contributed by atoms with Crippen LogP contribution in [-0.4, -0.2) is 36.9 Å². The summed E-state index contributed by atoms with van der Waals surface area (Å²) < 4.78 is 26.3. The van der Waals surface area contributed by atoms with Crippen LogP contribution in [0.4, 0.5) is 0 Å². The van der Waals surface area contributed by atoms with E-state index in [9.17, 15) is 13.2 Å². The molecule has 1 aromatic rings. The quantitative estimate of drug-likeness (QED) is 0.887. The van der Waals surface area contributed by atoms with Crippen LogP contribution in [0.25, 0.3) is 0 Å². The first-order valence-electron chi connectivity index (χ1n) is 5.51. The highest BCUT2D eigenvalue weighted by molar-refractivity contribution is 9.10. The Balaban J connectivity index is 2.34. The van der Waals surface area contributed by atoms with Crippen LogP contribution < -0.4 is 0 Å². The number of rotatable bonds is 3. The fourth-order valence-electron chi connectivity index (χ4n) is 1.97. The molecule has 8 heteroatoms. The van der Waals surface area contributed by atoms with Crippen LogP contribution >= 0.6 is 27.5 Å². The van der Waals surface area contributed by atoms with Crippen molar-refractivity contribution in [3.05, 3.63) is 27.7 Å². The maximum Gasteiger partial charge on any atom is 0.307 e. The normalized spacial score (nSPS) is 20.6. The first-order valence-corrected chi connectivity index (χ1v) is 8.12. The Morgan fingerprint density at radius 2 is 2.16 bits per heavy atom. The Morgan fingerprint density at radius 1 is 1.47 bits per heavy atom. The number of benzene rings is 1. The summed E-state index contributed by atoms with van der Waals surface area (Å²) in [6, 6.07) is 4.57. The van der Waals surface area contributed by atoms with E-state index >= 15 is 0 Å². The molecule has 1 aliphatic heterocycles. The second kappa shape index (κ2) is 5.40. The molecule has 0 amide bonds. The minimum absolute atomic E-state index is 0.00335. The summed E-state index contributed by atoms with van der Waals surface area (Å²) in [6.07, 6.45) is 0.326. The monoisotopic (exact) mass is 367 g/mol. The van der Waals surface area contributed by atoms with Crippen molar-refractivity contribution >= 4 is 43.5 Å². The lowest BCUT2D eigenvalue weighted by Gasteiger charge is -2.17. The van der Waals surface area contributed by atoms with Crippen molar-refractivity contribution in [2.24, 2.45) is 5.92 Å². The third kappa shape index (κ3) is 2.79. The predicted octanol–water partition coefficient (Wildman–Crippen LogP) is 2.20. The largest absolute Gasteiger partial charge is 0.481 e. The second-order valence-corrected chi connectivity index (χ2v) is 7.35. The van der Waals surface area contributed by atoms with Crippen LogP contribution in [0.3, 0.4) is 0 Å². The van der Waals surface area contributed by atoms with Crippen LogP contribution in [0.5, 0.6) is 0 Å². The zero-order valence-corrected chi connectivity index (χ0v) is 12.9. The van der Waals surface area contributed by atoms with Gasteiger partial charge in [0.25, 0.3) is 0 Å². The maximum atomic E-state index is 12.4. The third-order valence-corrected chi connectivity index (χ3v) is 6.60. The fourth-order valence-corrected chi connectivity index (χ4v) is 4.67. The number of hydrogen-bond donors (Lipinski definition) is 1. The van der Waals surface area contributed by atoms with Crippen LogP contribution in [0.1, 0.15) is 6.42 Å². The minimum Gasteiger partial charge on any atom is -0.481 e. The van der Waals surface area contributed by atoms with E-state index in [2.05, 4.69) is 15.9 Å². The molecule has 104 valence electrons. The van der Waals surface area contributed by atoms with E-state index < -0.39 is 21.9 Å². The Bertz CT molecular complexity index is 619. The van der Waals surface area contributed by atoms with Gasteiger partial charge in [0, 0.05) is 13.1 Å². The molecule has 0 radical (unpaired) electrons. The van der Waals surface area contributed by atoms with Crippen molar-refractivity contribution in [3.8, 4) is 0 Å². The van der Waals surface area contributed by atoms with Crippen LogP contribution in [0, 0.1) is 5.92 Å². The molecule has 0 bridgehead atoms. The van der Waals surface area contributed by atoms with E-state index in [4.69, 9.17) is 16.7 Å². The molecule has 5 nitrogen and oxygen atoms in total. The Hall–Kier alpha value is -0.630. The Kier molecular flexibility index (Phi) is 4.20. The van der Waals surface area contributed by atoms with Gasteiger partial charge in [0.05, 0.1) is 20.3 Å². The highest BCUT2D eigenvalue weighted by Gasteiger charge is 2.36. The molecule has 0 spiro atoms. The van der Waals surface area contributed by atoms with E-state index in [0.29, 0.717) is 15.9 Å². The van der Waals surface area contributed by atoms with Gasteiger partial charge in [-0.1, -0.05) is 17.7 Å². The van der Waals surface area contributed by atoms with Gasteiger partial charge in [0.1, 0.15) is 0 Å². The lowest BCUT2D eigenvalue weighted by atomic mass is 10.1. The predicted molar refractivity (Wildman–Crippen MR) is 73.7 cm³/mol. The van der Waals surface area contributed by atoms with E-state index in [0.717, 1.165) is 0 Å². The van der Waals surface area contributed by atoms with Gasteiger partial charge < -0.3 is 5.11 Å². The molecule has 1 atom stereocenters. The molecule has 0 saturated carbocycles. The molecule has 1 heterocycles. The summed E-state index contributed by atoms with van der Waals surface area (Å²) in [5.74, 6) is -1.62. The smallest absolute Gasteiger partial charge is 0.307 e. The number of hydrogen-bond acceptors (Lipinski definition) is 3. The molecule has 0 aliphatic carbocycles. The average molecular weight is 369 g/mol. The maximum absolute atomic E-state index is 12.4. The molecule has 1 saturated heterocycles. The van der Waals surface area contributed by atoms with Gasteiger partial charge in [0.2, 0.25) is 10.0 Å². The highest BCUT2D eigenvalue weighted by atomic mass is 79.9. The van der Waals surface area contributed by atoms with Crippen molar-refractivity contribution in [1.82, 2.24) is 4.31 Å². The van der Waals surface area contributed by atoms with Crippen LogP contribution in [0.2, 0.25) is 5.02 Å². The molecule has 0 aromatic heterocycles. The van der Waals surface area contributed by atoms with E-state index in [1.807, 2.05) is 0 Å². The van der Waals surface area contributed by atoms with Crippen molar-refractivity contribution in [2.45, 2.75) is 11.3 Å². The highest BCUT2D eigenvalue weighted by Crippen LogP contribution is 2.33. The molecule has 2 rings (SSSR count). The minimum atomic E-state index is -3.72. The van der Waals surface area contributed by atoms with Gasteiger partial charge in [-0.2, -0.15) is 4.31 Å². The molecular weight excluding hydrogens is 358 g/mol. The van der Waals surface area contributed by atoms with Gasteiger partial charge in [0.15, 0.2) is 0 Å². The Morgan fingerprint density at radius 3 is 2.74 bits per heavy atom. The lowest BCUT2D eigenvalue weighted by Crippen LogP contribution is -2.30. The summed E-state index contributed by atoms with van der Waals surface area (Å²) >= 11 is 9.03. The molecular formula is C11H11BrClNO4S. The lowest BCUT2D eigenvalue weighted by molar-refractivity contribution is -0.141. The summed E-state index contributed by atoms with van der Waals surface area (Å²) in [5.41, 5.74) is 0. The van der Waals surface area contributed by atoms with E-state index in [1.54, 1.807) is 12.1 Å². The van der Waals surface area contributed by atoms with Gasteiger partial charge in [-0.3, -0.25) is 4.79 Å². The average Bonchev–Trinajstić information content (AvgIpc) is 2.82. The number of sulfonamides is 1. The topological polar surface area (TPSA) is 74.7 Å². The van der Waals surface area contributed by atoms with Crippen molar-refractivity contribution in [3.63, 3.8) is 0 Å². The molecule has 1 fully saturated rings. The first-order chi connectivity index (χ1) is 8.84. The van der Waals surface area contributed by atoms with Crippen molar-refractivity contribution < 1.29 is 18.3 Å². The second-order valence-electron chi connectivity index (χ2n) is 4.24. The number of aliphatic carboxylic acids is 1. The number of carboxylic acid groups (broad SMARTS) is 1. The van der Waals surface area contributed by atoms with E-state index in [1.165, 1.54) is 10.4 Å². The fraction of sp³-hybridized carbons (Fsp3) is 0.364. The SMILES string of the molecule is O=C(O)C1CCN(S(=O)(=O)c2cccc(Cl)c2Br)C1. The van der Waals surface area contributed by atoms with Gasteiger partial charge in [-0.15, -0.1) is 0 Å². The number of nitrogens with zero attached hydrogens (tertiary/aromatic N) is 1. The van der Waals surface area contributed by atoms with Crippen LogP contribution in [-0.2, 0) is 14.8 Å². The number of halogens is 2. The molecule has 1 aromatic carbocycles. The summed E-state index contributed by atoms with van der Waals surface area (Å²) in [5, 5.41) is 9.22. The van der Waals surface area contributed by atoms with Crippen molar-refractivity contribution in [2.75, 3.05) is 13.1 Å². The zero-order chi connectivity index (χ0) is 14.2. The van der Waals surface area contributed by atoms with Gasteiger partial charge in [-0.05, 0) is 34.5 Å². The standard InChI is InChI=1S/C11H11BrClNO4S/c12-10-8(13)2-1-3-9(10)19(17,18)14-5-4-7(6-14)11(15)16/h1-3,7H,4-6H2,(H,15,16). The molecule has 1 N–H and O–H groups in total. The van der Waals surface area contributed by atoms with Gasteiger partial charge in [-0.25, -0.2) is 8.42 Å². The number of carbonyl (C=O) groups is 1. The van der Waals surface area contributed by atoms with Crippen LogP contribution in [0.15, 0.2) is 27.6 Å². The summed E-state index contributed by atoms with van der Waals surface area (Å²) in [4.78, 5) is 10.9. The number of carboxylic acids is 1. The van der Waals surface area contributed by atoms with Gasteiger partial charge >= 0.3 is 5.97 Å². The molecule has 1 aliphatic rings. The van der Waals surface area contributed by atoms with E-state index in [-0.39, 0.29) is 18.0 Å². The molecule has 19 heavy (non-hydrogen) atoms.